The second-order valence-corrected chi connectivity index (χ2v) is 8.01. The standard InChI is InChI=1S/C23H25ClN2O3/c1-3-12-29-15-23(17-6-7-17)20-13-18(24)8-11-21(20)26(22(27)25-23)14-16-4-9-19(28-2)10-5-16/h3-5,8-11,13,17H,1,6-7,12,14-15H2,2H3,(H,25,27). The maximum absolute atomic E-state index is 13.2. The zero-order valence-electron chi connectivity index (χ0n) is 16.5. The number of halogens is 1. The average Bonchev–Trinajstić information content (AvgIpc) is 3.57. The Morgan fingerprint density at radius 2 is 2.03 bits per heavy atom. The van der Waals surface area contributed by atoms with Crippen LogP contribution in [0.15, 0.2) is 55.1 Å². The van der Waals surface area contributed by atoms with E-state index in [1.54, 1.807) is 18.1 Å². The Bertz CT molecular complexity index is 911. The normalized spacial score (nSPS) is 20.8. The molecule has 2 aliphatic rings. The summed E-state index contributed by atoms with van der Waals surface area (Å²) in [4.78, 5) is 15.0. The molecule has 0 aromatic heterocycles. The van der Waals surface area contributed by atoms with Crippen LogP contribution in [0.4, 0.5) is 10.5 Å². The van der Waals surface area contributed by atoms with E-state index in [0.29, 0.717) is 30.7 Å². The van der Waals surface area contributed by atoms with Crippen molar-refractivity contribution in [1.82, 2.24) is 5.32 Å². The van der Waals surface area contributed by atoms with Crippen LogP contribution in [0.25, 0.3) is 0 Å². The molecule has 29 heavy (non-hydrogen) atoms. The summed E-state index contributed by atoms with van der Waals surface area (Å²) in [6, 6.07) is 13.4. The van der Waals surface area contributed by atoms with Gasteiger partial charge < -0.3 is 14.8 Å². The summed E-state index contributed by atoms with van der Waals surface area (Å²) in [7, 11) is 1.64. The first kappa shape index (κ1) is 19.8. The van der Waals surface area contributed by atoms with Gasteiger partial charge in [-0.1, -0.05) is 29.8 Å². The maximum atomic E-state index is 13.2. The lowest BCUT2D eigenvalue weighted by Gasteiger charge is -2.44. The summed E-state index contributed by atoms with van der Waals surface area (Å²) in [5, 5.41) is 3.92. The SMILES string of the molecule is C=CCOCC1(C2CC2)NC(=O)N(Cc2ccc(OC)cc2)c2ccc(Cl)cc21. The molecule has 1 atom stereocenters. The van der Waals surface area contributed by atoms with E-state index in [4.69, 9.17) is 21.1 Å². The van der Waals surface area contributed by atoms with Crippen molar-refractivity contribution in [2.24, 2.45) is 5.92 Å². The van der Waals surface area contributed by atoms with Gasteiger partial charge in [0, 0.05) is 10.6 Å². The van der Waals surface area contributed by atoms with Gasteiger partial charge in [0.2, 0.25) is 0 Å². The third-order valence-corrected chi connectivity index (χ3v) is 5.88. The Morgan fingerprint density at radius 1 is 1.28 bits per heavy atom. The first-order chi connectivity index (χ1) is 14.1. The van der Waals surface area contributed by atoms with Crippen molar-refractivity contribution in [1.29, 1.82) is 0 Å². The number of carbonyl (C=O) groups excluding carboxylic acids is 1. The zero-order valence-corrected chi connectivity index (χ0v) is 17.2. The van der Waals surface area contributed by atoms with Crippen molar-refractivity contribution in [3.8, 4) is 5.75 Å². The average molecular weight is 413 g/mol. The molecule has 0 radical (unpaired) electrons. The van der Waals surface area contributed by atoms with Crippen molar-refractivity contribution < 1.29 is 14.3 Å². The van der Waals surface area contributed by atoms with E-state index in [1.807, 2.05) is 42.5 Å². The Balaban J connectivity index is 1.71. The van der Waals surface area contributed by atoms with Crippen LogP contribution in [0.3, 0.4) is 0 Å². The van der Waals surface area contributed by atoms with Gasteiger partial charge in [-0.05, 0) is 54.7 Å². The maximum Gasteiger partial charge on any atom is 0.322 e. The fourth-order valence-corrected chi connectivity index (χ4v) is 4.21. The molecule has 1 saturated carbocycles. The molecule has 4 rings (SSSR count). The van der Waals surface area contributed by atoms with E-state index in [0.717, 1.165) is 35.4 Å². The highest BCUT2D eigenvalue weighted by molar-refractivity contribution is 6.30. The second kappa shape index (κ2) is 8.09. The predicted octanol–water partition coefficient (Wildman–Crippen LogP) is 4.89. The monoisotopic (exact) mass is 412 g/mol. The third-order valence-electron chi connectivity index (χ3n) is 5.64. The van der Waals surface area contributed by atoms with Crippen LogP contribution in [0.5, 0.6) is 5.75 Å². The number of amides is 2. The van der Waals surface area contributed by atoms with Crippen LogP contribution in [0.2, 0.25) is 5.02 Å². The van der Waals surface area contributed by atoms with Crippen molar-refractivity contribution >= 4 is 23.3 Å². The van der Waals surface area contributed by atoms with E-state index >= 15 is 0 Å². The highest BCUT2D eigenvalue weighted by Crippen LogP contribution is 2.51. The third kappa shape index (κ3) is 3.85. The van der Waals surface area contributed by atoms with Crippen LogP contribution in [-0.2, 0) is 16.8 Å². The van der Waals surface area contributed by atoms with Crippen molar-refractivity contribution in [2.75, 3.05) is 25.2 Å². The van der Waals surface area contributed by atoms with Gasteiger partial charge in [0.15, 0.2) is 0 Å². The number of nitrogens with zero attached hydrogens (tertiary/aromatic N) is 1. The fraction of sp³-hybridized carbons (Fsp3) is 0.348. The van der Waals surface area contributed by atoms with E-state index in [1.165, 1.54) is 0 Å². The largest absolute Gasteiger partial charge is 0.497 e. The molecule has 152 valence electrons. The molecule has 1 fully saturated rings. The Morgan fingerprint density at radius 3 is 2.69 bits per heavy atom. The van der Waals surface area contributed by atoms with E-state index in [-0.39, 0.29) is 6.03 Å². The van der Waals surface area contributed by atoms with Gasteiger partial charge in [-0.25, -0.2) is 4.79 Å². The summed E-state index contributed by atoms with van der Waals surface area (Å²) < 4.78 is 11.1. The minimum Gasteiger partial charge on any atom is -0.497 e. The molecule has 5 nitrogen and oxygen atoms in total. The second-order valence-electron chi connectivity index (χ2n) is 7.58. The van der Waals surface area contributed by atoms with Gasteiger partial charge in [0.25, 0.3) is 0 Å². The first-order valence-corrected chi connectivity index (χ1v) is 10.2. The molecule has 1 unspecified atom stereocenters. The number of carbonyl (C=O) groups is 1. The van der Waals surface area contributed by atoms with Crippen LogP contribution in [0, 0.1) is 5.92 Å². The first-order valence-electron chi connectivity index (χ1n) is 9.78. The molecule has 0 saturated heterocycles. The lowest BCUT2D eigenvalue weighted by molar-refractivity contribution is 0.0754. The van der Waals surface area contributed by atoms with E-state index < -0.39 is 5.54 Å². The molecule has 0 bridgehead atoms. The van der Waals surface area contributed by atoms with Crippen LogP contribution in [-0.4, -0.2) is 26.4 Å². The summed E-state index contributed by atoms with van der Waals surface area (Å²) in [6.07, 6.45) is 3.84. The molecule has 2 amide bonds. The lowest BCUT2D eigenvalue weighted by Crippen LogP contribution is -2.59. The lowest BCUT2D eigenvalue weighted by atomic mass is 9.82. The number of anilines is 1. The van der Waals surface area contributed by atoms with Gasteiger partial charge in [0.05, 0.1) is 38.1 Å². The highest BCUT2D eigenvalue weighted by Gasteiger charge is 2.52. The van der Waals surface area contributed by atoms with Crippen molar-refractivity contribution in [3.63, 3.8) is 0 Å². The van der Waals surface area contributed by atoms with Gasteiger partial charge in [-0.3, -0.25) is 4.90 Å². The summed E-state index contributed by atoms with van der Waals surface area (Å²) in [5.74, 6) is 1.13. The molecule has 1 N–H and O–H groups in total. The van der Waals surface area contributed by atoms with E-state index in [9.17, 15) is 4.79 Å². The highest BCUT2D eigenvalue weighted by atomic mass is 35.5. The Kier molecular flexibility index (Phi) is 5.52. The molecule has 1 heterocycles. The minimum atomic E-state index is -0.559. The fourth-order valence-electron chi connectivity index (χ4n) is 4.04. The number of rotatable bonds is 8. The van der Waals surface area contributed by atoms with Crippen LogP contribution in [0.1, 0.15) is 24.0 Å². The van der Waals surface area contributed by atoms with Gasteiger partial charge in [-0.15, -0.1) is 6.58 Å². The van der Waals surface area contributed by atoms with Crippen LogP contribution < -0.4 is 15.0 Å². The molecule has 1 aliphatic carbocycles. The van der Waals surface area contributed by atoms with Crippen LogP contribution >= 0.6 is 11.6 Å². The molecule has 0 spiro atoms. The van der Waals surface area contributed by atoms with Gasteiger partial charge >= 0.3 is 6.03 Å². The molecule has 2 aromatic rings. The smallest absolute Gasteiger partial charge is 0.322 e. The quantitative estimate of drug-likeness (QED) is 0.496. The zero-order chi connectivity index (χ0) is 20.4. The molecule has 6 heteroatoms. The number of benzene rings is 2. The molecule has 1 aliphatic heterocycles. The number of fused-ring (bicyclic) bond motifs is 1. The number of hydrogen-bond donors (Lipinski definition) is 1. The number of ether oxygens (including phenoxy) is 2. The summed E-state index contributed by atoms with van der Waals surface area (Å²) in [6.45, 7) is 5.02. The Labute approximate surface area is 176 Å². The molecular weight excluding hydrogens is 388 g/mol. The molecular formula is C23H25ClN2O3. The molecule has 2 aromatic carbocycles. The number of hydrogen-bond acceptors (Lipinski definition) is 3. The van der Waals surface area contributed by atoms with Crippen molar-refractivity contribution in [2.45, 2.75) is 24.9 Å². The topological polar surface area (TPSA) is 50.8 Å². The number of nitrogens with one attached hydrogen (secondary N) is 1. The summed E-state index contributed by atoms with van der Waals surface area (Å²) in [5.41, 5.74) is 2.35. The summed E-state index contributed by atoms with van der Waals surface area (Å²) >= 11 is 6.37. The number of methoxy groups -OCH3 is 1. The minimum absolute atomic E-state index is 0.121. The Hall–Kier alpha value is -2.50. The predicted molar refractivity (Wildman–Crippen MR) is 115 cm³/mol. The van der Waals surface area contributed by atoms with Crippen molar-refractivity contribution in [3.05, 3.63) is 71.3 Å². The van der Waals surface area contributed by atoms with Gasteiger partial charge in [-0.2, -0.15) is 0 Å². The van der Waals surface area contributed by atoms with E-state index in [2.05, 4.69) is 11.9 Å². The van der Waals surface area contributed by atoms with Gasteiger partial charge in [0.1, 0.15) is 5.75 Å². The number of urea groups is 1.